The molecule has 1 rings (SSSR count). The average Bonchev–Trinajstić information content (AvgIpc) is 3.22. The monoisotopic (exact) mass is 452 g/mol. The standard InChI is InChI=1S/C21H36N6O5/c1-6-12(4)17(20(30)26-16(21(31)32)8-14-9-23-10-24-14)27-19(29)15(7-11(2)3)25-18(28)13(5)22/h9-13,15-17H,6-8,22H2,1-5H3,(H,23,24)(H,25,28)(H,26,30)(H,27,29)(H,31,32). The minimum atomic E-state index is -1.20. The van der Waals surface area contributed by atoms with Gasteiger partial charge in [0.1, 0.15) is 18.1 Å². The van der Waals surface area contributed by atoms with Gasteiger partial charge in [-0.2, -0.15) is 0 Å². The highest BCUT2D eigenvalue weighted by Crippen LogP contribution is 2.12. The molecule has 3 amide bonds. The Bertz CT molecular complexity index is 765. The molecule has 180 valence electrons. The van der Waals surface area contributed by atoms with Crippen molar-refractivity contribution >= 4 is 23.7 Å². The van der Waals surface area contributed by atoms with Crippen LogP contribution in [0.4, 0.5) is 0 Å². The normalized spacial score (nSPS) is 15.8. The van der Waals surface area contributed by atoms with Gasteiger partial charge in [0.05, 0.1) is 12.4 Å². The number of aromatic amines is 1. The largest absolute Gasteiger partial charge is 0.480 e. The Morgan fingerprint density at radius 3 is 2.12 bits per heavy atom. The lowest BCUT2D eigenvalue weighted by Crippen LogP contribution is -2.58. The van der Waals surface area contributed by atoms with Crippen LogP contribution in [-0.4, -0.2) is 62.9 Å². The first-order chi connectivity index (χ1) is 15.0. The number of carboxylic acid groups (broad SMARTS) is 1. The number of carbonyl (C=O) groups excluding carboxylic acids is 3. The summed E-state index contributed by atoms with van der Waals surface area (Å²) in [7, 11) is 0. The highest BCUT2D eigenvalue weighted by molar-refractivity contribution is 5.94. The van der Waals surface area contributed by atoms with Crippen molar-refractivity contribution in [2.75, 3.05) is 0 Å². The summed E-state index contributed by atoms with van der Waals surface area (Å²) in [4.78, 5) is 56.3. The Labute approximate surface area is 188 Å². The number of nitrogens with one attached hydrogen (secondary N) is 4. The Morgan fingerprint density at radius 2 is 1.66 bits per heavy atom. The van der Waals surface area contributed by atoms with E-state index in [0.29, 0.717) is 18.5 Å². The molecule has 5 atom stereocenters. The maximum Gasteiger partial charge on any atom is 0.326 e. The van der Waals surface area contributed by atoms with Gasteiger partial charge in [0.2, 0.25) is 17.7 Å². The van der Waals surface area contributed by atoms with Crippen molar-refractivity contribution in [3.63, 3.8) is 0 Å². The fourth-order valence-corrected chi connectivity index (χ4v) is 3.04. The zero-order valence-electron chi connectivity index (χ0n) is 19.3. The first kappa shape index (κ1) is 27.1. The lowest BCUT2D eigenvalue weighted by atomic mass is 9.96. The van der Waals surface area contributed by atoms with E-state index in [2.05, 4.69) is 25.9 Å². The molecule has 11 heteroatoms. The molecule has 0 aliphatic heterocycles. The van der Waals surface area contributed by atoms with Gasteiger partial charge in [0.25, 0.3) is 0 Å². The fraction of sp³-hybridized carbons (Fsp3) is 0.667. The van der Waals surface area contributed by atoms with Crippen LogP contribution in [0.1, 0.15) is 53.2 Å². The van der Waals surface area contributed by atoms with E-state index in [0.717, 1.165) is 0 Å². The van der Waals surface area contributed by atoms with Crippen molar-refractivity contribution in [3.8, 4) is 0 Å². The zero-order valence-corrected chi connectivity index (χ0v) is 19.3. The van der Waals surface area contributed by atoms with E-state index in [4.69, 9.17) is 5.73 Å². The van der Waals surface area contributed by atoms with Gasteiger partial charge in [-0.1, -0.05) is 34.1 Å². The molecule has 0 aliphatic rings. The number of imidazole rings is 1. The molecule has 32 heavy (non-hydrogen) atoms. The maximum atomic E-state index is 13.0. The summed E-state index contributed by atoms with van der Waals surface area (Å²) in [5.74, 6) is -2.98. The van der Waals surface area contributed by atoms with E-state index in [-0.39, 0.29) is 18.3 Å². The number of carbonyl (C=O) groups is 4. The minimum Gasteiger partial charge on any atom is -0.480 e. The molecule has 0 spiro atoms. The molecule has 0 radical (unpaired) electrons. The smallest absolute Gasteiger partial charge is 0.326 e. The van der Waals surface area contributed by atoms with Crippen molar-refractivity contribution in [2.45, 2.75) is 78.0 Å². The summed E-state index contributed by atoms with van der Waals surface area (Å²) in [6.07, 6.45) is 3.84. The predicted molar refractivity (Wildman–Crippen MR) is 118 cm³/mol. The van der Waals surface area contributed by atoms with E-state index < -0.39 is 47.9 Å². The molecular formula is C21H36N6O5. The number of amides is 3. The first-order valence-corrected chi connectivity index (χ1v) is 10.8. The number of nitrogens with two attached hydrogens (primary N) is 1. The molecule has 1 aromatic rings. The van der Waals surface area contributed by atoms with Crippen LogP contribution in [0.25, 0.3) is 0 Å². The topological polar surface area (TPSA) is 179 Å². The van der Waals surface area contributed by atoms with Crippen LogP contribution in [0, 0.1) is 11.8 Å². The van der Waals surface area contributed by atoms with Crippen molar-refractivity contribution in [1.29, 1.82) is 0 Å². The highest BCUT2D eigenvalue weighted by Gasteiger charge is 2.32. The molecule has 0 fully saturated rings. The van der Waals surface area contributed by atoms with Crippen LogP contribution in [0.15, 0.2) is 12.5 Å². The zero-order chi connectivity index (χ0) is 24.4. The summed E-state index contributed by atoms with van der Waals surface area (Å²) in [6, 6.07) is -3.83. The second-order valence-corrected chi connectivity index (χ2v) is 8.53. The number of H-pyrrole nitrogens is 1. The van der Waals surface area contributed by atoms with Gasteiger partial charge in [-0.25, -0.2) is 9.78 Å². The van der Waals surface area contributed by atoms with E-state index in [1.807, 2.05) is 20.8 Å². The third kappa shape index (κ3) is 8.66. The van der Waals surface area contributed by atoms with Gasteiger partial charge in [0, 0.05) is 18.3 Å². The van der Waals surface area contributed by atoms with Gasteiger partial charge in [-0.3, -0.25) is 14.4 Å². The highest BCUT2D eigenvalue weighted by atomic mass is 16.4. The molecule has 1 aromatic heterocycles. The summed E-state index contributed by atoms with van der Waals surface area (Å²) in [6.45, 7) is 8.97. The average molecular weight is 453 g/mol. The number of aliphatic carboxylic acids is 1. The molecular weight excluding hydrogens is 416 g/mol. The number of nitrogens with zero attached hydrogens (tertiary/aromatic N) is 1. The van der Waals surface area contributed by atoms with Gasteiger partial charge in [-0.05, 0) is 25.2 Å². The number of hydrogen-bond acceptors (Lipinski definition) is 6. The number of carboxylic acids is 1. The predicted octanol–water partition coefficient (Wildman–Crippen LogP) is -0.0694. The lowest BCUT2D eigenvalue weighted by Gasteiger charge is -2.28. The first-order valence-electron chi connectivity index (χ1n) is 10.8. The molecule has 1 heterocycles. The number of hydrogen-bond donors (Lipinski definition) is 6. The Hall–Kier alpha value is -2.95. The van der Waals surface area contributed by atoms with Crippen LogP contribution >= 0.6 is 0 Å². The van der Waals surface area contributed by atoms with Crippen LogP contribution in [-0.2, 0) is 25.6 Å². The Kier molecular flexibility index (Phi) is 10.8. The van der Waals surface area contributed by atoms with E-state index in [1.54, 1.807) is 6.92 Å². The minimum absolute atomic E-state index is 0.0165. The lowest BCUT2D eigenvalue weighted by molar-refractivity contribution is -0.142. The third-order valence-electron chi connectivity index (χ3n) is 5.14. The molecule has 0 saturated heterocycles. The molecule has 5 unspecified atom stereocenters. The van der Waals surface area contributed by atoms with Crippen LogP contribution in [0.2, 0.25) is 0 Å². The number of aromatic nitrogens is 2. The molecule has 0 aromatic carbocycles. The van der Waals surface area contributed by atoms with E-state index in [9.17, 15) is 24.3 Å². The van der Waals surface area contributed by atoms with Crippen LogP contribution in [0.5, 0.6) is 0 Å². The maximum absolute atomic E-state index is 13.0. The van der Waals surface area contributed by atoms with Crippen LogP contribution < -0.4 is 21.7 Å². The van der Waals surface area contributed by atoms with Gasteiger partial charge >= 0.3 is 5.97 Å². The summed E-state index contributed by atoms with van der Waals surface area (Å²) in [5, 5.41) is 17.4. The molecule has 11 nitrogen and oxygen atoms in total. The molecule has 0 bridgehead atoms. The van der Waals surface area contributed by atoms with Crippen molar-refractivity contribution in [2.24, 2.45) is 17.6 Å². The van der Waals surface area contributed by atoms with Crippen LogP contribution in [0.3, 0.4) is 0 Å². The SMILES string of the molecule is CCC(C)C(NC(=O)C(CC(C)C)NC(=O)C(C)N)C(=O)NC(Cc1cnc[nH]1)C(=O)O. The fourth-order valence-electron chi connectivity index (χ4n) is 3.04. The van der Waals surface area contributed by atoms with Crippen molar-refractivity contribution < 1.29 is 24.3 Å². The van der Waals surface area contributed by atoms with Gasteiger partial charge < -0.3 is 31.8 Å². The Balaban J connectivity index is 2.98. The summed E-state index contributed by atoms with van der Waals surface area (Å²) < 4.78 is 0. The van der Waals surface area contributed by atoms with E-state index >= 15 is 0 Å². The van der Waals surface area contributed by atoms with Gasteiger partial charge in [0.15, 0.2) is 0 Å². The molecule has 0 saturated carbocycles. The molecule has 0 aliphatic carbocycles. The number of rotatable bonds is 13. The van der Waals surface area contributed by atoms with Gasteiger partial charge in [-0.15, -0.1) is 0 Å². The quantitative estimate of drug-likeness (QED) is 0.242. The van der Waals surface area contributed by atoms with Crippen molar-refractivity contribution in [1.82, 2.24) is 25.9 Å². The third-order valence-corrected chi connectivity index (χ3v) is 5.14. The van der Waals surface area contributed by atoms with Crippen molar-refractivity contribution in [3.05, 3.63) is 18.2 Å². The Morgan fingerprint density at radius 1 is 1.03 bits per heavy atom. The summed E-state index contributed by atoms with van der Waals surface area (Å²) in [5.41, 5.74) is 6.16. The van der Waals surface area contributed by atoms with E-state index in [1.165, 1.54) is 19.4 Å². The summed E-state index contributed by atoms with van der Waals surface area (Å²) >= 11 is 0. The second-order valence-electron chi connectivity index (χ2n) is 8.53. The second kappa shape index (κ2) is 12.8. The molecule has 7 N–H and O–H groups in total.